The summed E-state index contributed by atoms with van der Waals surface area (Å²) in [5.74, 6) is -0.268. The Labute approximate surface area is 148 Å². The predicted molar refractivity (Wildman–Crippen MR) is 93.7 cm³/mol. The van der Waals surface area contributed by atoms with Gasteiger partial charge in [-0.2, -0.15) is 0 Å². The number of amides is 1. The van der Waals surface area contributed by atoms with E-state index in [0.29, 0.717) is 17.1 Å². The maximum absolute atomic E-state index is 13.9. The lowest BCUT2D eigenvalue weighted by molar-refractivity contribution is 0.0148. The number of piperidine rings is 1. The van der Waals surface area contributed by atoms with Gasteiger partial charge in [0, 0.05) is 43.3 Å². The molecule has 0 N–H and O–H groups in total. The van der Waals surface area contributed by atoms with E-state index in [1.807, 2.05) is 20.8 Å². The fourth-order valence-electron chi connectivity index (χ4n) is 2.85. The summed E-state index contributed by atoms with van der Waals surface area (Å²) >= 11 is 6.09. The van der Waals surface area contributed by atoms with Crippen molar-refractivity contribution in [1.82, 2.24) is 9.80 Å². The van der Waals surface area contributed by atoms with Gasteiger partial charge < -0.3 is 9.64 Å². The van der Waals surface area contributed by atoms with Crippen LogP contribution in [0.1, 0.15) is 39.2 Å². The summed E-state index contributed by atoms with van der Waals surface area (Å²) in [7, 11) is 1.78. The van der Waals surface area contributed by atoms with E-state index in [9.17, 15) is 9.18 Å². The van der Waals surface area contributed by atoms with Crippen LogP contribution in [0.3, 0.4) is 0 Å². The van der Waals surface area contributed by atoms with Crippen LogP contribution in [0, 0.1) is 5.82 Å². The molecule has 1 aliphatic heterocycles. The van der Waals surface area contributed by atoms with Crippen molar-refractivity contribution in [2.75, 3.05) is 20.1 Å². The Morgan fingerprint density at radius 1 is 1.38 bits per heavy atom. The van der Waals surface area contributed by atoms with Crippen LogP contribution in [0.15, 0.2) is 18.2 Å². The molecule has 0 spiro atoms. The van der Waals surface area contributed by atoms with Crippen LogP contribution in [-0.4, -0.2) is 47.7 Å². The molecular weight excluding hydrogens is 331 g/mol. The Morgan fingerprint density at radius 2 is 2.00 bits per heavy atom. The molecule has 24 heavy (non-hydrogen) atoms. The quantitative estimate of drug-likeness (QED) is 0.809. The molecule has 0 atom stereocenters. The van der Waals surface area contributed by atoms with Gasteiger partial charge in [0.15, 0.2) is 0 Å². The number of nitrogens with zero attached hydrogens (tertiary/aromatic N) is 2. The molecule has 6 heteroatoms. The Morgan fingerprint density at radius 3 is 2.54 bits per heavy atom. The molecule has 0 saturated carbocycles. The van der Waals surface area contributed by atoms with Gasteiger partial charge in [-0.3, -0.25) is 4.90 Å². The molecule has 1 aromatic rings. The van der Waals surface area contributed by atoms with Crippen molar-refractivity contribution < 1.29 is 13.9 Å². The van der Waals surface area contributed by atoms with E-state index in [0.717, 1.165) is 25.9 Å². The summed E-state index contributed by atoms with van der Waals surface area (Å²) < 4.78 is 19.3. The monoisotopic (exact) mass is 356 g/mol. The molecule has 0 radical (unpaired) electrons. The molecule has 1 aliphatic rings. The normalized spacial score (nSPS) is 16.9. The minimum atomic E-state index is -0.492. The molecule has 1 saturated heterocycles. The molecule has 2 rings (SSSR count). The summed E-state index contributed by atoms with van der Waals surface area (Å²) in [5, 5.41) is 0.461. The third kappa shape index (κ3) is 5.08. The van der Waals surface area contributed by atoms with Crippen LogP contribution in [0.25, 0.3) is 0 Å². The van der Waals surface area contributed by atoms with Crippen molar-refractivity contribution in [2.24, 2.45) is 0 Å². The fourth-order valence-corrected chi connectivity index (χ4v) is 3.08. The highest BCUT2D eigenvalue weighted by molar-refractivity contribution is 6.31. The third-order valence-corrected chi connectivity index (χ3v) is 4.58. The first-order valence-corrected chi connectivity index (χ1v) is 8.66. The highest BCUT2D eigenvalue weighted by Crippen LogP contribution is 2.24. The smallest absolute Gasteiger partial charge is 0.410 e. The minimum Gasteiger partial charge on any atom is -0.444 e. The van der Waals surface area contributed by atoms with Gasteiger partial charge in [0.05, 0.1) is 0 Å². The molecular formula is C18H26ClFN2O2. The molecule has 0 unspecified atom stereocenters. The first-order valence-electron chi connectivity index (χ1n) is 8.28. The highest BCUT2D eigenvalue weighted by atomic mass is 35.5. The number of benzene rings is 1. The predicted octanol–water partition coefficient (Wildman–Crippen LogP) is 4.31. The molecule has 1 amide bonds. The summed E-state index contributed by atoms with van der Waals surface area (Å²) in [6.07, 6.45) is 1.38. The average Bonchev–Trinajstić information content (AvgIpc) is 2.49. The topological polar surface area (TPSA) is 32.8 Å². The maximum Gasteiger partial charge on any atom is 0.410 e. The van der Waals surface area contributed by atoms with Gasteiger partial charge in [-0.05, 0) is 45.7 Å². The van der Waals surface area contributed by atoms with Gasteiger partial charge >= 0.3 is 6.09 Å². The standard InChI is InChI=1S/C18H26ClFN2O2/c1-18(2,3)24-17(23)21(4)13-8-10-22(11-9-13)12-14-15(19)6-5-7-16(14)20/h5-7,13H,8-12H2,1-4H3. The largest absolute Gasteiger partial charge is 0.444 e. The number of carbonyl (C=O) groups is 1. The first kappa shape index (κ1) is 19.0. The SMILES string of the molecule is CN(C(=O)OC(C)(C)C)C1CCN(Cc2c(F)cccc2Cl)CC1. The van der Waals surface area contributed by atoms with Gasteiger partial charge in [-0.15, -0.1) is 0 Å². The average molecular weight is 357 g/mol. The summed E-state index contributed by atoms with van der Waals surface area (Å²) in [4.78, 5) is 16.0. The lowest BCUT2D eigenvalue weighted by Gasteiger charge is -2.37. The highest BCUT2D eigenvalue weighted by Gasteiger charge is 2.28. The summed E-state index contributed by atoms with van der Waals surface area (Å²) in [6, 6.07) is 4.91. The number of carbonyl (C=O) groups excluding carboxylic acids is 1. The summed E-state index contributed by atoms with van der Waals surface area (Å²) in [6.45, 7) is 7.66. The molecule has 0 bridgehead atoms. The molecule has 134 valence electrons. The lowest BCUT2D eigenvalue weighted by Crippen LogP contribution is -2.46. The van der Waals surface area contributed by atoms with E-state index in [1.54, 1.807) is 24.1 Å². The zero-order chi connectivity index (χ0) is 17.9. The molecule has 1 heterocycles. The van der Waals surface area contributed by atoms with Crippen LogP contribution < -0.4 is 0 Å². The second-order valence-corrected chi connectivity index (χ2v) is 7.71. The van der Waals surface area contributed by atoms with Crippen molar-refractivity contribution in [1.29, 1.82) is 0 Å². The van der Waals surface area contributed by atoms with E-state index < -0.39 is 5.60 Å². The van der Waals surface area contributed by atoms with Crippen LogP contribution >= 0.6 is 11.6 Å². The first-order chi connectivity index (χ1) is 11.2. The van der Waals surface area contributed by atoms with Crippen LogP contribution in [-0.2, 0) is 11.3 Å². The minimum absolute atomic E-state index is 0.146. The van der Waals surface area contributed by atoms with Gasteiger partial charge in [0.2, 0.25) is 0 Å². The third-order valence-electron chi connectivity index (χ3n) is 4.23. The van der Waals surface area contributed by atoms with Gasteiger partial charge in [-0.25, -0.2) is 9.18 Å². The number of ether oxygens (including phenoxy) is 1. The van der Waals surface area contributed by atoms with E-state index in [1.165, 1.54) is 6.07 Å². The second kappa shape index (κ2) is 7.70. The Hall–Kier alpha value is -1.33. The Kier molecular flexibility index (Phi) is 6.10. The second-order valence-electron chi connectivity index (χ2n) is 7.30. The molecule has 1 fully saturated rings. The Balaban J connectivity index is 1.88. The molecule has 1 aromatic carbocycles. The van der Waals surface area contributed by atoms with Gasteiger partial charge in [0.1, 0.15) is 11.4 Å². The van der Waals surface area contributed by atoms with Crippen molar-refractivity contribution in [2.45, 2.75) is 51.8 Å². The molecule has 4 nitrogen and oxygen atoms in total. The number of hydrogen-bond acceptors (Lipinski definition) is 3. The number of hydrogen-bond donors (Lipinski definition) is 0. The van der Waals surface area contributed by atoms with Gasteiger partial charge in [-0.1, -0.05) is 17.7 Å². The fraction of sp³-hybridized carbons (Fsp3) is 0.611. The van der Waals surface area contributed by atoms with E-state index in [2.05, 4.69) is 4.90 Å². The van der Waals surface area contributed by atoms with Crippen LogP contribution in [0.2, 0.25) is 5.02 Å². The van der Waals surface area contributed by atoms with Crippen molar-refractivity contribution in [3.63, 3.8) is 0 Å². The van der Waals surface area contributed by atoms with Gasteiger partial charge in [0.25, 0.3) is 0 Å². The lowest BCUT2D eigenvalue weighted by atomic mass is 10.0. The summed E-state index contributed by atoms with van der Waals surface area (Å²) in [5.41, 5.74) is 0.0475. The zero-order valence-corrected chi connectivity index (χ0v) is 15.6. The van der Waals surface area contributed by atoms with Crippen molar-refractivity contribution >= 4 is 17.7 Å². The number of halogens is 2. The molecule has 0 aliphatic carbocycles. The van der Waals surface area contributed by atoms with E-state index >= 15 is 0 Å². The molecule has 0 aromatic heterocycles. The number of likely N-dealkylation sites (tertiary alicyclic amines) is 1. The zero-order valence-electron chi connectivity index (χ0n) is 14.8. The van der Waals surface area contributed by atoms with Crippen LogP contribution in [0.5, 0.6) is 0 Å². The van der Waals surface area contributed by atoms with Crippen molar-refractivity contribution in [3.8, 4) is 0 Å². The Bertz CT molecular complexity index is 561. The maximum atomic E-state index is 13.9. The van der Waals surface area contributed by atoms with Crippen LogP contribution in [0.4, 0.5) is 9.18 Å². The van der Waals surface area contributed by atoms with Crippen molar-refractivity contribution in [3.05, 3.63) is 34.6 Å². The van der Waals surface area contributed by atoms with E-state index in [-0.39, 0.29) is 18.0 Å². The van der Waals surface area contributed by atoms with E-state index in [4.69, 9.17) is 16.3 Å². The number of rotatable bonds is 3.